The maximum Gasteiger partial charge on any atom is 0.387 e. The van der Waals surface area contributed by atoms with Gasteiger partial charge in [0.05, 0.1) is 5.56 Å². The van der Waals surface area contributed by atoms with Gasteiger partial charge in [-0.15, -0.1) is 0 Å². The molecule has 0 aromatic heterocycles. The van der Waals surface area contributed by atoms with Gasteiger partial charge in [0.15, 0.2) is 5.78 Å². The van der Waals surface area contributed by atoms with Crippen molar-refractivity contribution < 1.29 is 18.3 Å². The Hall–Kier alpha value is -1.45. The van der Waals surface area contributed by atoms with Crippen molar-refractivity contribution in [2.24, 2.45) is 0 Å². The maximum atomic E-state index is 12.0. The van der Waals surface area contributed by atoms with Crippen LogP contribution in [0.2, 0.25) is 0 Å². The number of carbonyl (C=O) groups is 1. The van der Waals surface area contributed by atoms with Gasteiger partial charge in [0.25, 0.3) is 0 Å². The number of alkyl halides is 2. The smallest absolute Gasteiger partial charge is 0.387 e. The molecule has 0 atom stereocenters. The lowest BCUT2D eigenvalue weighted by Gasteiger charge is -2.09. The third kappa shape index (κ3) is 3.01. The summed E-state index contributed by atoms with van der Waals surface area (Å²) in [5.74, 6) is -0.337. The molecular formula is C11H12F2O2. The van der Waals surface area contributed by atoms with Gasteiger partial charge in [0.1, 0.15) is 5.75 Å². The van der Waals surface area contributed by atoms with Crippen molar-refractivity contribution in [3.63, 3.8) is 0 Å². The minimum absolute atomic E-state index is 0.0605. The van der Waals surface area contributed by atoms with Crippen molar-refractivity contribution in [3.8, 4) is 5.75 Å². The highest BCUT2D eigenvalue weighted by Gasteiger charge is 2.13. The first-order chi connectivity index (χ1) is 7.04. The van der Waals surface area contributed by atoms with Crippen molar-refractivity contribution in [2.45, 2.75) is 26.9 Å². The topological polar surface area (TPSA) is 26.3 Å². The Morgan fingerprint density at radius 3 is 2.60 bits per heavy atom. The zero-order valence-electron chi connectivity index (χ0n) is 8.59. The van der Waals surface area contributed by atoms with E-state index in [2.05, 4.69) is 4.74 Å². The van der Waals surface area contributed by atoms with Crippen molar-refractivity contribution in [1.82, 2.24) is 0 Å². The second kappa shape index (κ2) is 4.87. The molecule has 0 bridgehead atoms. The van der Waals surface area contributed by atoms with E-state index >= 15 is 0 Å². The standard InChI is InChI=1S/C11H12F2O2/c1-3-8-4-5-10(15-11(12)13)9(6-8)7(2)14/h4-6,11H,3H2,1-2H3. The number of rotatable bonds is 4. The SMILES string of the molecule is CCc1ccc(OC(F)F)c(C(C)=O)c1. The molecule has 4 heteroatoms. The fourth-order valence-corrected chi connectivity index (χ4v) is 1.27. The normalized spacial score (nSPS) is 10.5. The van der Waals surface area contributed by atoms with Gasteiger partial charge >= 0.3 is 6.61 Å². The number of hydrogen-bond donors (Lipinski definition) is 0. The number of hydrogen-bond acceptors (Lipinski definition) is 2. The fraction of sp³-hybridized carbons (Fsp3) is 0.364. The second-order valence-electron chi connectivity index (χ2n) is 3.12. The Morgan fingerprint density at radius 2 is 2.13 bits per heavy atom. The molecule has 0 fully saturated rings. The minimum atomic E-state index is -2.91. The molecule has 82 valence electrons. The molecular weight excluding hydrogens is 202 g/mol. The first-order valence-corrected chi connectivity index (χ1v) is 4.63. The van der Waals surface area contributed by atoms with Gasteiger partial charge in [0, 0.05) is 0 Å². The summed E-state index contributed by atoms with van der Waals surface area (Å²) < 4.78 is 28.3. The van der Waals surface area contributed by atoms with Gasteiger partial charge in [-0.3, -0.25) is 4.79 Å². The molecule has 0 amide bonds. The molecule has 0 spiro atoms. The van der Waals surface area contributed by atoms with Crippen LogP contribution in [0.1, 0.15) is 29.8 Å². The molecule has 1 aromatic rings. The van der Waals surface area contributed by atoms with E-state index in [1.54, 1.807) is 12.1 Å². The van der Waals surface area contributed by atoms with Crippen LogP contribution in [0.15, 0.2) is 18.2 Å². The van der Waals surface area contributed by atoms with E-state index < -0.39 is 6.61 Å². The van der Waals surface area contributed by atoms with Crippen LogP contribution < -0.4 is 4.74 Å². The quantitative estimate of drug-likeness (QED) is 0.720. The summed E-state index contributed by atoms with van der Waals surface area (Å²) in [6, 6.07) is 4.66. The minimum Gasteiger partial charge on any atom is -0.434 e. The molecule has 0 saturated carbocycles. The number of ketones is 1. The van der Waals surface area contributed by atoms with E-state index in [-0.39, 0.29) is 17.1 Å². The lowest BCUT2D eigenvalue weighted by atomic mass is 10.1. The Bertz CT molecular complexity index is 362. The number of benzene rings is 1. The van der Waals surface area contributed by atoms with Crippen LogP contribution in [0.3, 0.4) is 0 Å². The number of halogens is 2. The first kappa shape index (κ1) is 11.6. The summed E-state index contributed by atoms with van der Waals surface area (Å²) in [5, 5.41) is 0. The summed E-state index contributed by atoms with van der Waals surface area (Å²) in [7, 11) is 0. The predicted molar refractivity (Wildman–Crippen MR) is 52.5 cm³/mol. The highest BCUT2D eigenvalue weighted by Crippen LogP contribution is 2.22. The highest BCUT2D eigenvalue weighted by molar-refractivity contribution is 5.97. The monoisotopic (exact) mass is 214 g/mol. The van der Waals surface area contributed by atoms with Crippen LogP contribution in [0.25, 0.3) is 0 Å². The van der Waals surface area contributed by atoms with E-state index in [0.717, 1.165) is 12.0 Å². The van der Waals surface area contributed by atoms with Gasteiger partial charge in [0.2, 0.25) is 0 Å². The summed E-state index contributed by atoms with van der Waals surface area (Å²) in [4.78, 5) is 11.2. The van der Waals surface area contributed by atoms with E-state index in [9.17, 15) is 13.6 Å². The molecule has 2 nitrogen and oxygen atoms in total. The summed E-state index contributed by atoms with van der Waals surface area (Å²) in [6.07, 6.45) is 0.745. The molecule has 0 radical (unpaired) electrons. The average Bonchev–Trinajstić information content (AvgIpc) is 2.17. The fourth-order valence-electron chi connectivity index (χ4n) is 1.27. The molecule has 1 rings (SSSR count). The van der Waals surface area contributed by atoms with E-state index in [1.807, 2.05) is 6.92 Å². The molecule has 0 saturated heterocycles. The van der Waals surface area contributed by atoms with E-state index in [0.29, 0.717) is 0 Å². The van der Waals surface area contributed by atoms with Crippen molar-refractivity contribution in [3.05, 3.63) is 29.3 Å². The zero-order valence-corrected chi connectivity index (χ0v) is 8.59. The van der Waals surface area contributed by atoms with Gasteiger partial charge in [-0.25, -0.2) is 0 Å². The molecule has 0 aliphatic carbocycles. The van der Waals surface area contributed by atoms with Gasteiger partial charge in [-0.2, -0.15) is 8.78 Å². The van der Waals surface area contributed by atoms with Gasteiger partial charge < -0.3 is 4.74 Å². The van der Waals surface area contributed by atoms with Crippen LogP contribution in [0.4, 0.5) is 8.78 Å². The van der Waals surface area contributed by atoms with Crippen LogP contribution in [-0.2, 0) is 6.42 Å². The predicted octanol–water partition coefficient (Wildman–Crippen LogP) is 3.05. The third-order valence-electron chi connectivity index (χ3n) is 2.05. The van der Waals surface area contributed by atoms with Gasteiger partial charge in [-0.1, -0.05) is 13.0 Å². The van der Waals surface area contributed by atoms with Crippen molar-refractivity contribution in [2.75, 3.05) is 0 Å². The van der Waals surface area contributed by atoms with Crippen LogP contribution >= 0.6 is 0 Å². The largest absolute Gasteiger partial charge is 0.434 e. The summed E-state index contributed by atoms with van der Waals surface area (Å²) in [6.45, 7) is 0.343. The van der Waals surface area contributed by atoms with Crippen molar-refractivity contribution in [1.29, 1.82) is 0 Å². The average molecular weight is 214 g/mol. The summed E-state index contributed by atoms with van der Waals surface area (Å²) in [5.41, 5.74) is 1.12. The van der Waals surface area contributed by atoms with E-state index in [1.165, 1.54) is 13.0 Å². The Labute approximate surface area is 86.9 Å². The molecule has 0 heterocycles. The second-order valence-corrected chi connectivity index (χ2v) is 3.12. The van der Waals surface area contributed by atoms with Crippen LogP contribution in [0.5, 0.6) is 5.75 Å². The van der Waals surface area contributed by atoms with E-state index in [4.69, 9.17) is 0 Å². The lowest BCUT2D eigenvalue weighted by Crippen LogP contribution is -2.06. The van der Waals surface area contributed by atoms with Gasteiger partial charge in [-0.05, 0) is 31.0 Å². The van der Waals surface area contributed by atoms with Crippen molar-refractivity contribution >= 4 is 5.78 Å². The highest BCUT2D eigenvalue weighted by atomic mass is 19.3. The molecule has 0 unspecified atom stereocenters. The Morgan fingerprint density at radius 1 is 1.47 bits per heavy atom. The Kier molecular flexibility index (Phi) is 3.77. The zero-order chi connectivity index (χ0) is 11.4. The summed E-state index contributed by atoms with van der Waals surface area (Å²) >= 11 is 0. The van der Waals surface area contributed by atoms with Crippen LogP contribution in [0, 0.1) is 0 Å². The van der Waals surface area contributed by atoms with Crippen LogP contribution in [-0.4, -0.2) is 12.4 Å². The third-order valence-corrected chi connectivity index (χ3v) is 2.05. The number of ether oxygens (including phenoxy) is 1. The lowest BCUT2D eigenvalue weighted by molar-refractivity contribution is -0.0501. The molecule has 1 aromatic carbocycles. The Balaban J connectivity index is 3.09. The number of aryl methyl sites for hydroxylation is 1. The molecule has 0 N–H and O–H groups in total. The molecule has 0 aliphatic heterocycles. The maximum absolute atomic E-state index is 12.0. The number of carbonyl (C=O) groups excluding carboxylic acids is 1. The first-order valence-electron chi connectivity index (χ1n) is 4.63. The molecule has 15 heavy (non-hydrogen) atoms. The number of Topliss-reactive ketones (excluding diaryl/α,β-unsaturated/α-hetero) is 1. The molecule has 0 aliphatic rings.